The van der Waals surface area contributed by atoms with Crippen molar-refractivity contribution in [2.45, 2.75) is 39.2 Å². The summed E-state index contributed by atoms with van der Waals surface area (Å²) in [6.45, 7) is 5.10. The SMILES string of the molecule is CC(C)C(CN)C(=O)NCC1CCC(O)C1. The van der Waals surface area contributed by atoms with Crippen LogP contribution >= 0.6 is 0 Å². The van der Waals surface area contributed by atoms with Crippen molar-refractivity contribution in [2.75, 3.05) is 13.1 Å². The van der Waals surface area contributed by atoms with Gasteiger partial charge in [-0.25, -0.2) is 0 Å². The van der Waals surface area contributed by atoms with Crippen LogP contribution in [0.25, 0.3) is 0 Å². The van der Waals surface area contributed by atoms with E-state index in [1.165, 1.54) is 0 Å². The summed E-state index contributed by atoms with van der Waals surface area (Å²) in [6, 6.07) is 0. The van der Waals surface area contributed by atoms with Gasteiger partial charge in [0.15, 0.2) is 0 Å². The van der Waals surface area contributed by atoms with Crippen LogP contribution in [0.15, 0.2) is 0 Å². The zero-order valence-electron chi connectivity index (χ0n) is 10.3. The largest absolute Gasteiger partial charge is 0.393 e. The van der Waals surface area contributed by atoms with Crippen LogP contribution in [0.5, 0.6) is 0 Å². The van der Waals surface area contributed by atoms with Crippen LogP contribution in [0.2, 0.25) is 0 Å². The molecule has 3 atom stereocenters. The van der Waals surface area contributed by atoms with Gasteiger partial charge in [-0.3, -0.25) is 4.79 Å². The first-order valence-corrected chi connectivity index (χ1v) is 6.20. The normalized spacial score (nSPS) is 27.1. The highest BCUT2D eigenvalue weighted by Gasteiger charge is 2.25. The van der Waals surface area contributed by atoms with Crippen molar-refractivity contribution in [3.8, 4) is 0 Å². The first kappa shape index (κ1) is 13.5. The molecule has 1 fully saturated rings. The van der Waals surface area contributed by atoms with E-state index in [4.69, 9.17) is 5.73 Å². The lowest BCUT2D eigenvalue weighted by atomic mass is 9.95. The monoisotopic (exact) mass is 228 g/mol. The van der Waals surface area contributed by atoms with Crippen LogP contribution in [-0.2, 0) is 4.79 Å². The number of carbonyl (C=O) groups excluding carboxylic acids is 1. The van der Waals surface area contributed by atoms with E-state index in [1.54, 1.807) is 0 Å². The number of carbonyl (C=O) groups is 1. The van der Waals surface area contributed by atoms with Gasteiger partial charge in [0, 0.05) is 13.1 Å². The maximum absolute atomic E-state index is 11.8. The molecule has 0 spiro atoms. The summed E-state index contributed by atoms with van der Waals surface area (Å²) in [6.07, 6.45) is 2.52. The summed E-state index contributed by atoms with van der Waals surface area (Å²) in [5, 5.41) is 12.3. The lowest BCUT2D eigenvalue weighted by Crippen LogP contribution is -2.39. The number of aliphatic hydroxyl groups excluding tert-OH is 1. The van der Waals surface area contributed by atoms with Gasteiger partial charge in [-0.15, -0.1) is 0 Å². The van der Waals surface area contributed by atoms with Crippen molar-refractivity contribution in [2.24, 2.45) is 23.5 Å². The van der Waals surface area contributed by atoms with E-state index in [1.807, 2.05) is 13.8 Å². The van der Waals surface area contributed by atoms with Crippen LogP contribution in [0, 0.1) is 17.8 Å². The summed E-state index contributed by atoms with van der Waals surface area (Å²) in [7, 11) is 0. The summed E-state index contributed by atoms with van der Waals surface area (Å²) < 4.78 is 0. The third kappa shape index (κ3) is 3.76. The Hall–Kier alpha value is -0.610. The topological polar surface area (TPSA) is 75.4 Å². The zero-order valence-corrected chi connectivity index (χ0v) is 10.3. The van der Waals surface area contributed by atoms with Crippen molar-refractivity contribution < 1.29 is 9.90 Å². The predicted octanol–water partition coefficient (Wildman–Crippen LogP) is 0.495. The molecule has 16 heavy (non-hydrogen) atoms. The van der Waals surface area contributed by atoms with E-state index in [9.17, 15) is 9.90 Å². The molecule has 0 bridgehead atoms. The molecule has 1 saturated carbocycles. The van der Waals surface area contributed by atoms with Crippen LogP contribution < -0.4 is 11.1 Å². The molecule has 0 aromatic carbocycles. The molecule has 0 radical (unpaired) electrons. The quantitative estimate of drug-likeness (QED) is 0.641. The van der Waals surface area contributed by atoms with E-state index in [2.05, 4.69) is 5.32 Å². The molecular weight excluding hydrogens is 204 g/mol. The Labute approximate surface area is 97.6 Å². The Morgan fingerprint density at radius 2 is 2.19 bits per heavy atom. The molecule has 4 N–H and O–H groups in total. The first-order chi connectivity index (χ1) is 7.54. The average Bonchev–Trinajstić information content (AvgIpc) is 2.62. The van der Waals surface area contributed by atoms with E-state index in [0.29, 0.717) is 19.0 Å². The molecule has 1 aliphatic carbocycles. The molecule has 4 heteroatoms. The number of rotatable bonds is 5. The fourth-order valence-electron chi connectivity index (χ4n) is 2.29. The molecule has 1 aliphatic rings. The van der Waals surface area contributed by atoms with Gasteiger partial charge in [-0.2, -0.15) is 0 Å². The second-order valence-corrected chi connectivity index (χ2v) is 5.16. The minimum atomic E-state index is -0.169. The van der Waals surface area contributed by atoms with Gasteiger partial charge in [-0.05, 0) is 31.1 Å². The van der Waals surface area contributed by atoms with Crippen molar-refractivity contribution in [3.63, 3.8) is 0 Å². The molecule has 0 aromatic rings. The van der Waals surface area contributed by atoms with Crippen LogP contribution in [-0.4, -0.2) is 30.2 Å². The summed E-state index contributed by atoms with van der Waals surface area (Å²) >= 11 is 0. The molecule has 4 nitrogen and oxygen atoms in total. The Kier molecular flexibility index (Phi) is 5.22. The fraction of sp³-hybridized carbons (Fsp3) is 0.917. The third-order valence-corrected chi connectivity index (χ3v) is 3.47. The van der Waals surface area contributed by atoms with E-state index in [0.717, 1.165) is 19.3 Å². The Balaban J connectivity index is 2.28. The van der Waals surface area contributed by atoms with E-state index >= 15 is 0 Å². The second kappa shape index (κ2) is 6.21. The highest BCUT2D eigenvalue weighted by atomic mass is 16.3. The van der Waals surface area contributed by atoms with E-state index < -0.39 is 0 Å². The van der Waals surface area contributed by atoms with Crippen LogP contribution in [0.4, 0.5) is 0 Å². The van der Waals surface area contributed by atoms with Gasteiger partial charge in [0.05, 0.1) is 12.0 Å². The second-order valence-electron chi connectivity index (χ2n) is 5.16. The minimum Gasteiger partial charge on any atom is -0.393 e. The Bertz CT molecular complexity index is 231. The van der Waals surface area contributed by atoms with Gasteiger partial charge in [0.25, 0.3) is 0 Å². The maximum Gasteiger partial charge on any atom is 0.224 e. The average molecular weight is 228 g/mol. The summed E-state index contributed by atoms with van der Waals surface area (Å²) in [5.74, 6) is 0.675. The summed E-state index contributed by atoms with van der Waals surface area (Å²) in [5.41, 5.74) is 5.58. The number of amides is 1. The van der Waals surface area contributed by atoms with Gasteiger partial charge in [-0.1, -0.05) is 13.8 Å². The smallest absolute Gasteiger partial charge is 0.224 e. The van der Waals surface area contributed by atoms with Crippen LogP contribution in [0.3, 0.4) is 0 Å². The molecule has 0 saturated heterocycles. The van der Waals surface area contributed by atoms with Gasteiger partial charge < -0.3 is 16.2 Å². The Morgan fingerprint density at radius 1 is 1.50 bits per heavy atom. The van der Waals surface area contributed by atoms with Crippen molar-refractivity contribution in [1.29, 1.82) is 0 Å². The first-order valence-electron chi connectivity index (χ1n) is 6.20. The Morgan fingerprint density at radius 3 is 2.62 bits per heavy atom. The standard InChI is InChI=1S/C12H24N2O2/c1-8(2)11(6-13)12(16)14-7-9-3-4-10(15)5-9/h8-11,15H,3-7,13H2,1-2H3,(H,14,16). The van der Waals surface area contributed by atoms with E-state index in [-0.39, 0.29) is 23.8 Å². The van der Waals surface area contributed by atoms with Crippen molar-refractivity contribution >= 4 is 5.91 Å². The molecule has 0 aliphatic heterocycles. The molecule has 94 valence electrons. The molecule has 0 aromatic heterocycles. The highest BCUT2D eigenvalue weighted by Crippen LogP contribution is 2.24. The van der Waals surface area contributed by atoms with Gasteiger partial charge in [0.1, 0.15) is 0 Å². The number of nitrogens with two attached hydrogens (primary N) is 1. The molecular formula is C12H24N2O2. The number of nitrogens with one attached hydrogen (secondary N) is 1. The fourth-order valence-corrected chi connectivity index (χ4v) is 2.29. The predicted molar refractivity (Wildman–Crippen MR) is 63.7 cm³/mol. The lowest BCUT2D eigenvalue weighted by Gasteiger charge is -2.19. The van der Waals surface area contributed by atoms with Crippen molar-refractivity contribution in [1.82, 2.24) is 5.32 Å². The third-order valence-electron chi connectivity index (χ3n) is 3.47. The van der Waals surface area contributed by atoms with Crippen molar-refractivity contribution in [3.05, 3.63) is 0 Å². The van der Waals surface area contributed by atoms with Gasteiger partial charge in [0.2, 0.25) is 5.91 Å². The maximum atomic E-state index is 11.8. The number of aliphatic hydroxyl groups is 1. The number of hydrogen-bond acceptors (Lipinski definition) is 3. The summed E-state index contributed by atoms with van der Waals surface area (Å²) in [4.78, 5) is 11.8. The molecule has 1 rings (SSSR count). The zero-order chi connectivity index (χ0) is 12.1. The van der Waals surface area contributed by atoms with Gasteiger partial charge >= 0.3 is 0 Å². The molecule has 0 heterocycles. The molecule has 1 amide bonds. The van der Waals surface area contributed by atoms with Crippen LogP contribution in [0.1, 0.15) is 33.1 Å². The lowest BCUT2D eigenvalue weighted by molar-refractivity contribution is -0.126. The number of hydrogen-bond donors (Lipinski definition) is 3. The highest BCUT2D eigenvalue weighted by molar-refractivity contribution is 5.79. The molecule has 3 unspecified atom stereocenters. The minimum absolute atomic E-state index is 0.0545.